The summed E-state index contributed by atoms with van der Waals surface area (Å²) in [6.07, 6.45) is 30.2. The van der Waals surface area contributed by atoms with Gasteiger partial charge in [0, 0.05) is 49.9 Å². The third-order valence-electron chi connectivity index (χ3n) is 13.4. The zero-order valence-electron chi connectivity index (χ0n) is 32.6. The summed E-state index contributed by atoms with van der Waals surface area (Å²) in [5, 5.41) is 3.80. The molecule has 6 aromatic rings. The summed E-state index contributed by atoms with van der Waals surface area (Å²) in [4.78, 5) is 2.41. The van der Waals surface area contributed by atoms with Crippen molar-refractivity contribution >= 4 is 55.8 Å². The zero-order chi connectivity index (χ0) is 37.5. The van der Waals surface area contributed by atoms with Gasteiger partial charge >= 0.3 is 0 Å². The van der Waals surface area contributed by atoms with Gasteiger partial charge in [-0.1, -0.05) is 106 Å². The highest BCUT2D eigenvalue weighted by molar-refractivity contribution is 6.22. The highest BCUT2D eigenvalue weighted by Gasteiger charge is 2.44. The smallest absolute Gasteiger partial charge is 0.159 e. The van der Waals surface area contributed by atoms with Gasteiger partial charge in [0.1, 0.15) is 5.76 Å². The molecule has 4 atom stereocenters. The van der Waals surface area contributed by atoms with Crippen molar-refractivity contribution in [2.24, 2.45) is 23.2 Å². The number of nitrogens with zero attached hydrogens (tertiary/aromatic N) is 2. The van der Waals surface area contributed by atoms with E-state index in [9.17, 15) is 0 Å². The first-order valence-electron chi connectivity index (χ1n) is 20.8. The van der Waals surface area contributed by atoms with Crippen LogP contribution in [0, 0.1) is 23.2 Å². The minimum atomic E-state index is 0.121. The van der Waals surface area contributed by atoms with E-state index < -0.39 is 0 Å². The predicted octanol–water partition coefficient (Wildman–Crippen LogP) is 14.4. The maximum absolute atomic E-state index is 7.03. The molecule has 3 nitrogen and oxygen atoms in total. The van der Waals surface area contributed by atoms with Crippen LogP contribution in [0.4, 0.5) is 11.4 Å². The summed E-state index contributed by atoms with van der Waals surface area (Å²) >= 11 is 0. The average Bonchev–Trinajstić information content (AvgIpc) is 3.77. The molecule has 0 N–H and O–H groups in total. The van der Waals surface area contributed by atoms with Crippen LogP contribution in [0.25, 0.3) is 50.1 Å². The number of allylic oxidation sites excluding steroid dienone is 13. The Labute approximate surface area is 330 Å². The van der Waals surface area contributed by atoms with Gasteiger partial charge in [0.25, 0.3) is 0 Å². The van der Waals surface area contributed by atoms with Crippen molar-refractivity contribution in [3.8, 4) is 5.69 Å². The highest BCUT2D eigenvalue weighted by Crippen LogP contribution is 2.57. The number of hydrogen-bond acceptors (Lipinski definition) is 2. The standard InChI is InChI=1S/C53H48N2O/c1-34-21-27-47-43(30-34)42(32-36-14-12-13-29-53(36,47)3)45-33-46-44-31-35(2)22-28-49(44)56-52(46)51-50(45)41-19-10-11-20-48(41)55(51)40-25-23-39(24-26-40)54(37-15-6-4-7-16-37)38-17-8-5-9-18-38/h4-8,10-13,15-17,19-20,22-28,30,32-36H,9,14,18,21,29,31H2,1-3H3. The molecule has 3 heteroatoms. The molecule has 11 rings (SSSR count). The summed E-state index contributed by atoms with van der Waals surface area (Å²) in [5.41, 5.74) is 15.3. The maximum Gasteiger partial charge on any atom is 0.159 e. The molecule has 0 bridgehead atoms. The molecule has 0 amide bonds. The molecule has 0 fully saturated rings. The molecule has 4 unspecified atom stereocenters. The quantitative estimate of drug-likeness (QED) is 0.165. The topological polar surface area (TPSA) is 21.3 Å². The van der Waals surface area contributed by atoms with Crippen LogP contribution in [-0.2, 0) is 6.42 Å². The molecular formula is C53H48N2O. The van der Waals surface area contributed by atoms with Crippen LogP contribution in [0.15, 0.2) is 161 Å². The number of hydrogen-bond donors (Lipinski definition) is 0. The van der Waals surface area contributed by atoms with E-state index >= 15 is 0 Å². The Bertz CT molecular complexity index is 2790. The van der Waals surface area contributed by atoms with Crippen molar-refractivity contribution in [2.75, 3.05) is 4.90 Å². The third kappa shape index (κ3) is 5.09. The van der Waals surface area contributed by atoms with Crippen LogP contribution >= 0.6 is 0 Å². The van der Waals surface area contributed by atoms with Gasteiger partial charge in [0.05, 0.1) is 11.0 Å². The molecule has 56 heavy (non-hydrogen) atoms. The fourth-order valence-electron chi connectivity index (χ4n) is 10.5. The summed E-state index contributed by atoms with van der Waals surface area (Å²) in [6.45, 7) is 7.21. The lowest BCUT2D eigenvalue weighted by Crippen LogP contribution is -2.35. The van der Waals surface area contributed by atoms with Crippen molar-refractivity contribution in [2.45, 2.75) is 59.3 Å². The highest BCUT2D eigenvalue weighted by atomic mass is 16.3. The molecule has 0 saturated heterocycles. The number of fused-ring (bicyclic) bond motifs is 10. The van der Waals surface area contributed by atoms with Crippen molar-refractivity contribution < 1.29 is 4.42 Å². The fourth-order valence-corrected chi connectivity index (χ4v) is 10.5. The second kappa shape index (κ2) is 12.9. The van der Waals surface area contributed by atoms with E-state index in [1.807, 2.05) is 0 Å². The minimum absolute atomic E-state index is 0.121. The van der Waals surface area contributed by atoms with Crippen LogP contribution in [0.3, 0.4) is 0 Å². The van der Waals surface area contributed by atoms with Crippen LogP contribution < -0.4 is 4.90 Å². The molecule has 0 spiro atoms. The maximum atomic E-state index is 7.03. The lowest BCUT2D eigenvalue weighted by atomic mass is 9.57. The Morgan fingerprint density at radius 3 is 2.46 bits per heavy atom. The molecule has 0 radical (unpaired) electrons. The Morgan fingerprint density at radius 1 is 0.804 bits per heavy atom. The van der Waals surface area contributed by atoms with E-state index in [0.717, 1.165) is 66.8 Å². The van der Waals surface area contributed by atoms with E-state index in [-0.39, 0.29) is 5.41 Å². The second-order valence-corrected chi connectivity index (χ2v) is 17.1. The van der Waals surface area contributed by atoms with E-state index in [1.165, 1.54) is 55.3 Å². The number of aromatic nitrogens is 1. The first-order chi connectivity index (χ1) is 27.5. The normalized spacial score (nSPS) is 24.0. The number of anilines is 2. The molecule has 0 saturated carbocycles. The minimum Gasteiger partial charge on any atom is -0.454 e. The molecule has 5 aliphatic carbocycles. The van der Waals surface area contributed by atoms with Gasteiger partial charge in [-0.25, -0.2) is 0 Å². The Hall–Kier alpha value is -5.80. The summed E-state index contributed by atoms with van der Waals surface area (Å²) in [6, 6.07) is 31.5. The molecule has 276 valence electrons. The Balaban J connectivity index is 1.18. The first-order valence-corrected chi connectivity index (χ1v) is 20.8. The third-order valence-corrected chi connectivity index (χ3v) is 13.4. The van der Waals surface area contributed by atoms with E-state index in [1.54, 1.807) is 5.57 Å². The predicted molar refractivity (Wildman–Crippen MR) is 235 cm³/mol. The molecule has 0 aliphatic heterocycles. The van der Waals surface area contributed by atoms with Gasteiger partial charge in [0.15, 0.2) is 5.58 Å². The zero-order valence-corrected chi connectivity index (χ0v) is 32.6. The number of rotatable bonds is 5. The summed E-state index contributed by atoms with van der Waals surface area (Å²) < 4.78 is 9.52. The average molecular weight is 729 g/mol. The van der Waals surface area contributed by atoms with Crippen LogP contribution in [0.5, 0.6) is 0 Å². The van der Waals surface area contributed by atoms with Crippen LogP contribution in [0.2, 0.25) is 0 Å². The summed E-state index contributed by atoms with van der Waals surface area (Å²) in [7, 11) is 0. The monoisotopic (exact) mass is 728 g/mol. The van der Waals surface area contributed by atoms with Crippen molar-refractivity contribution in [3.63, 3.8) is 0 Å². The van der Waals surface area contributed by atoms with E-state index in [2.05, 4.69) is 176 Å². The lowest BCUT2D eigenvalue weighted by molar-refractivity contribution is 0.276. The lowest BCUT2D eigenvalue weighted by Gasteiger charge is -2.46. The Kier molecular flexibility index (Phi) is 7.71. The van der Waals surface area contributed by atoms with Gasteiger partial charge in [-0.3, -0.25) is 0 Å². The largest absolute Gasteiger partial charge is 0.454 e. The second-order valence-electron chi connectivity index (χ2n) is 17.1. The fraction of sp³-hybridized carbons (Fsp3) is 0.245. The van der Waals surface area contributed by atoms with Gasteiger partial charge in [-0.15, -0.1) is 0 Å². The summed E-state index contributed by atoms with van der Waals surface area (Å²) in [5.74, 6) is 2.42. The van der Waals surface area contributed by atoms with Gasteiger partial charge in [-0.2, -0.15) is 0 Å². The van der Waals surface area contributed by atoms with E-state index in [0.29, 0.717) is 17.8 Å². The van der Waals surface area contributed by atoms with Gasteiger partial charge in [0.2, 0.25) is 0 Å². The van der Waals surface area contributed by atoms with Gasteiger partial charge in [-0.05, 0) is 139 Å². The SMILES string of the molecule is CC1C=C2C(c3cc4c5c(oc4c4c3c3ccccc3n4-c3ccc(N(C4=CC=CCC4)c4ccccc4)cc3)C=CC(C)C5)=CC3CC=CCC3(C)C2=CC1. The van der Waals surface area contributed by atoms with Crippen molar-refractivity contribution in [1.29, 1.82) is 0 Å². The molecule has 2 heterocycles. The molecular weight excluding hydrogens is 681 g/mol. The number of furan rings is 1. The van der Waals surface area contributed by atoms with Crippen LogP contribution in [-0.4, -0.2) is 4.57 Å². The number of benzene rings is 4. The first kappa shape index (κ1) is 33.5. The molecule has 4 aromatic carbocycles. The van der Waals surface area contributed by atoms with E-state index in [4.69, 9.17) is 4.42 Å². The van der Waals surface area contributed by atoms with Gasteiger partial charge < -0.3 is 13.9 Å². The molecule has 2 aromatic heterocycles. The van der Waals surface area contributed by atoms with Crippen molar-refractivity contribution in [3.05, 3.63) is 173 Å². The number of para-hydroxylation sites is 2. The van der Waals surface area contributed by atoms with Crippen molar-refractivity contribution in [1.82, 2.24) is 4.57 Å². The Morgan fingerprint density at radius 2 is 1.62 bits per heavy atom. The molecule has 5 aliphatic rings. The van der Waals surface area contributed by atoms with Crippen LogP contribution in [0.1, 0.15) is 69.8 Å².